The minimum atomic E-state index is 0.215. The summed E-state index contributed by atoms with van der Waals surface area (Å²) in [5, 5.41) is 8.16. The number of rotatable bonds is 7. The highest BCUT2D eigenvalue weighted by atomic mass is 15.3. The van der Waals surface area contributed by atoms with Crippen LogP contribution in [0.15, 0.2) is 31.0 Å². The van der Waals surface area contributed by atoms with Crippen molar-refractivity contribution in [1.29, 1.82) is 0 Å². The second-order valence-corrected chi connectivity index (χ2v) is 5.26. The molecule has 2 aromatic rings. The molecule has 1 unspecified atom stereocenters. The number of aromatic nitrogens is 4. The zero-order valence-electron chi connectivity index (χ0n) is 12.5. The molecule has 5 heteroatoms. The van der Waals surface area contributed by atoms with Crippen molar-refractivity contribution in [2.24, 2.45) is 0 Å². The first-order chi connectivity index (χ1) is 9.70. The normalized spacial score (nSPS) is 12.8. The van der Waals surface area contributed by atoms with Crippen LogP contribution in [0.25, 0.3) is 0 Å². The molecular formula is C15H23N5. The minimum absolute atomic E-state index is 0.215. The lowest BCUT2D eigenvalue weighted by Gasteiger charge is -2.17. The Hall–Kier alpha value is -1.75. The van der Waals surface area contributed by atoms with Crippen LogP contribution in [-0.2, 0) is 6.42 Å². The summed E-state index contributed by atoms with van der Waals surface area (Å²) >= 11 is 0. The Morgan fingerprint density at radius 2 is 2.00 bits per heavy atom. The first-order valence-corrected chi connectivity index (χ1v) is 7.23. The van der Waals surface area contributed by atoms with Crippen LogP contribution >= 0.6 is 0 Å². The SMILES string of the molecule is CCCNC(Cc1ccn(C(C)C)n1)c1cncnc1. The molecule has 20 heavy (non-hydrogen) atoms. The average molecular weight is 273 g/mol. The second-order valence-electron chi connectivity index (χ2n) is 5.26. The summed E-state index contributed by atoms with van der Waals surface area (Å²) in [5.74, 6) is 0. The van der Waals surface area contributed by atoms with E-state index in [1.54, 1.807) is 6.33 Å². The van der Waals surface area contributed by atoms with Crippen molar-refractivity contribution in [1.82, 2.24) is 25.1 Å². The Labute approximate surface area is 120 Å². The van der Waals surface area contributed by atoms with Gasteiger partial charge in [0.05, 0.1) is 5.69 Å². The highest BCUT2D eigenvalue weighted by Crippen LogP contribution is 2.16. The lowest BCUT2D eigenvalue weighted by Crippen LogP contribution is -2.24. The van der Waals surface area contributed by atoms with Crippen LogP contribution in [0.3, 0.4) is 0 Å². The molecule has 1 N–H and O–H groups in total. The Balaban J connectivity index is 2.10. The third-order valence-corrected chi connectivity index (χ3v) is 3.23. The first-order valence-electron chi connectivity index (χ1n) is 7.23. The summed E-state index contributed by atoms with van der Waals surface area (Å²) in [5.41, 5.74) is 2.20. The lowest BCUT2D eigenvalue weighted by atomic mass is 10.1. The number of nitrogens with zero attached hydrogens (tertiary/aromatic N) is 4. The van der Waals surface area contributed by atoms with E-state index < -0.39 is 0 Å². The topological polar surface area (TPSA) is 55.6 Å². The molecule has 0 aliphatic heterocycles. The predicted octanol–water partition coefficient (Wildman–Crippen LogP) is 2.54. The van der Waals surface area contributed by atoms with Gasteiger partial charge in [0.1, 0.15) is 6.33 Å². The van der Waals surface area contributed by atoms with E-state index in [1.807, 2.05) is 23.3 Å². The van der Waals surface area contributed by atoms with Crippen LogP contribution in [0.5, 0.6) is 0 Å². The molecule has 2 aromatic heterocycles. The highest BCUT2D eigenvalue weighted by Gasteiger charge is 2.14. The largest absolute Gasteiger partial charge is 0.310 e. The van der Waals surface area contributed by atoms with Crippen molar-refractivity contribution < 1.29 is 0 Å². The fourth-order valence-corrected chi connectivity index (χ4v) is 2.10. The van der Waals surface area contributed by atoms with Crippen molar-refractivity contribution >= 4 is 0 Å². The molecule has 0 spiro atoms. The molecule has 108 valence electrons. The maximum absolute atomic E-state index is 4.62. The van der Waals surface area contributed by atoms with Crippen LogP contribution in [-0.4, -0.2) is 26.3 Å². The lowest BCUT2D eigenvalue weighted by molar-refractivity contribution is 0.498. The number of hydrogen-bond acceptors (Lipinski definition) is 4. The molecule has 0 aliphatic carbocycles. The molecule has 0 aromatic carbocycles. The van der Waals surface area contributed by atoms with Gasteiger partial charge in [-0.25, -0.2) is 9.97 Å². The van der Waals surface area contributed by atoms with Crippen LogP contribution in [0.4, 0.5) is 0 Å². The van der Waals surface area contributed by atoms with Gasteiger partial charge in [-0.3, -0.25) is 4.68 Å². The van der Waals surface area contributed by atoms with Crippen LogP contribution in [0.2, 0.25) is 0 Å². The smallest absolute Gasteiger partial charge is 0.115 e. The number of nitrogens with one attached hydrogen (secondary N) is 1. The molecular weight excluding hydrogens is 250 g/mol. The van der Waals surface area contributed by atoms with E-state index in [-0.39, 0.29) is 6.04 Å². The van der Waals surface area contributed by atoms with Gasteiger partial charge in [0.25, 0.3) is 0 Å². The maximum atomic E-state index is 4.62. The van der Waals surface area contributed by atoms with Gasteiger partial charge in [-0.15, -0.1) is 0 Å². The molecule has 0 saturated carbocycles. The van der Waals surface area contributed by atoms with Crippen molar-refractivity contribution in [3.63, 3.8) is 0 Å². The van der Waals surface area contributed by atoms with Crippen LogP contribution in [0.1, 0.15) is 50.5 Å². The molecule has 0 radical (unpaired) electrons. The third-order valence-electron chi connectivity index (χ3n) is 3.23. The quantitative estimate of drug-likeness (QED) is 0.842. The zero-order valence-corrected chi connectivity index (χ0v) is 12.5. The molecule has 0 aliphatic rings. The summed E-state index contributed by atoms with van der Waals surface area (Å²) < 4.78 is 1.99. The van der Waals surface area contributed by atoms with Crippen LogP contribution < -0.4 is 5.32 Å². The molecule has 0 bridgehead atoms. The van der Waals surface area contributed by atoms with Gasteiger partial charge in [-0.1, -0.05) is 6.92 Å². The van der Waals surface area contributed by atoms with Crippen molar-refractivity contribution in [2.75, 3.05) is 6.54 Å². The van der Waals surface area contributed by atoms with Gasteiger partial charge in [-0.2, -0.15) is 5.10 Å². The minimum Gasteiger partial charge on any atom is -0.310 e. The summed E-state index contributed by atoms with van der Waals surface area (Å²) in [7, 11) is 0. The van der Waals surface area contributed by atoms with Gasteiger partial charge >= 0.3 is 0 Å². The first kappa shape index (κ1) is 14.7. The summed E-state index contributed by atoms with van der Waals surface area (Å²) in [4.78, 5) is 8.22. The molecule has 1 atom stereocenters. The Morgan fingerprint density at radius 3 is 2.60 bits per heavy atom. The molecule has 0 amide bonds. The van der Waals surface area contributed by atoms with Crippen molar-refractivity contribution in [3.05, 3.63) is 42.2 Å². The molecule has 2 heterocycles. The standard InChI is InChI=1S/C15H23N5/c1-4-6-18-15(13-9-16-11-17-10-13)8-14-5-7-20(19-14)12(2)3/h5,7,9-12,15,18H,4,6,8H2,1-3H3. The molecule has 0 saturated heterocycles. The van der Waals surface area contributed by atoms with Gasteiger partial charge < -0.3 is 5.32 Å². The van der Waals surface area contributed by atoms with Gasteiger partial charge in [0.2, 0.25) is 0 Å². The Kier molecular flexibility index (Phi) is 5.24. The van der Waals surface area contributed by atoms with E-state index in [4.69, 9.17) is 0 Å². The zero-order chi connectivity index (χ0) is 14.4. The maximum Gasteiger partial charge on any atom is 0.115 e. The van der Waals surface area contributed by atoms with E-state index in [0.29, 0.717) is 6.04 Å². The van der Waals surface area contributed by atoms with Gasteiger partial charge in [-0.05, 0) is 32.9 Å². The summed E-state index contributed by atoms with van der Waals surface area (Å²) in [6.45, 7) is 7.41. The van der Waals surface area contributed by atoms with Gasteiger partial charge in [0.15, 0.2) is 0 Å². The summed E-state index contributed by atoms with van der Waals surface area (Å²) in [6, 6.07) is 2.70. The van der Waals surface area contributed by atoms with Gasteiger partial charge in [0, 0.05) is 42.7 Å². The van der Waals surface area contributed by atoms with Crippen molar-refractivity contribution in [2.45, 2.75) is 45.7 Å². The second kappa shape index (κ2) is 7.14. The van der Waals surface area contributed by atoms with E-state index >= 15 is 0 Å². The van der Waals surface area contributed by atoms with E-state index in [9.17, 15) is 0 Å². The monoisotopic (exact) mass is 273 g/mol. The van der Waals surface area contributed by atoms with E-state index in [1.165, 1.54) is 0 Å². The van der Waals surface area contributed by atoms with E-state index in [0.717, 1.165) is 30.6 Å². The fourth-order valence-electron chi connectivity index (χ4n) is 2.10. The number of hydrogen-bond donors (Lipinski definition) is 1. The third kappa shape index (κ3) is 3.87. The Morgan fingerprint density at radius 1 is 1.25 bits per heavy atom. The highest BCUT2D eigenvalue weighted by molar-refractivity contribution is 5.14. The average Bonchev–Trinajstić information content (AvgIpc) is 2.93. The fraction of sp³-hybridized carbons (Fsp3) is 0.533. The Bertz CT molecular complexity index is 506. The molecule has 0 fully saturated rings. The summed E-state index contributed by atoms with van der Waals surface area (Å²) in [6.07, 6.45) is 9.31. The molecule has 5 nitrogen and oxygen atoms in total. The van der Waals surface area contributed by atoms with Crippen molar-refractivity contribution in [3.8, 4) is 0 Å². The molecule has 2 rings (SSSR count). The van der Waals surface area contributed by atoms with Crippen LogP contribution in [0, 0.1) is 0 Å². The predicted molar refractivity (Wildman–Crippen MR) is 79.4 cm³/mol. The van der Waals surface area contributed by atoms with E-state index in [2.05, 4.69) is 47.2 Å².